The second-order valence-electron chi connectivity index (χ2n) is 7.22. The van der Waals surface area contributed by atoms with Crippen molar-refractivity contribution in [1.82, 2.24) is 9.88 Å². The molecule has 0 atom stereocenters. The number of methoxy groups -OCH3 is 1. The van der Waals surface area contributed by atoms with Crippen molar-refractivity contribution in [3.05, 3.63) is 88.9 Å². The number of ketones is 1. The van der Waals surface area contributed by atoms with Crippen molar-refractivity contribution in [3.63, 3.8) is 0 Å². The number of aromatic nitrogens is 1. The standard InChI is InChI=1S/C24H20N2O4/c1-28-20-5-3-2-4-17(20)12-22-23(27)18-6-7-21-19(24(18)30-22)14-26(15-29-21)13-16-8-10-25-11-9-16/h2-12H,13-15H2,1H3. The molecule has 0 unspecified atom stereocenters. The van der Waals surface area contributed by atoms with Gasteiger partial charge in [-0.1, -0.05) is 18.2 Å². The molecule has 6 nitrogen and oxygen atoms in total. The monoisotopic (exact) mass is 400 g/mol. The molecular weight excluding hydrogens is 380 g/mol. The van der Waals surface area contributed by atoms with E-state index in [1.54, 1.807) is 31.6 Å². The number of fused-ring (bicyclic) bond motifs is 3. The molecule has 3 heterocycles. The highest BCUT2D eigenvalue weighted by atomic mass is 16.5. The molecule has 0 spiro atoms. The first kappa shape index (κ1) is 18.4. The van der Waals surface area contributed by atoms with Crippen LogP contribution in [-0.4, -0.2) is 29.5 Å². The zero-order chi connectivity index (χ0) is 20.5. The number of carbonyl (C=O) groups is 1. The van der Waals surface area contributed by atoms with Gasteiger partial charge in [-0.2, -0.15) is 0 Å². The molecule has 2 aromatic carbocycles. The van der Waals surface area contributed by atoms with Crippen LogP contribution in [0.4, 0.5) is 0 Å². The Morgan fingerprint density at radius 2 is 1.97 bits per heavy atom. The van der Waals surface area contributed by atoms with Gasteiger partial charge in [0.25, 0.3) is 0 Å². The maximum Gasteiger partial charge on any atom is 0.231 e. The summed E-state index contributed by atoms with van der Waals surface area (Å²) in [6.45, 7) is 1.84. The smallest absolute Gasteiger partial charge is 0.231 e. The summed E-state index contributed by atoms with van der Waals surface area (Å²) in [6.07, 6.45) is 5.29. The number of allylic oxidation sites excluding steroid dienone is 1. The molecule has 0 aliphatic carbocycles. The Bertz CT molecular complexity index is 1140. The van der Waals surface area contributed by atoms with Gasteiger partial charge in [-0.3, -0.25) is 14.7 Å². The van der Waals surface area contributed by atoms with E-state index in [4.69, 9.17) is 14.2 Å². The van der Waals surface area contributed by atoms with Crippen molar-refractivity contribution in [2.75, 3.05) is 13.8 Å². The molecule has 0 fully saturated rings. The van der Waals surface area contributed by atoms with Gasteiger partial charge in [0.1, 0.15) is 24.0 Å². The van der Waals surface area contributed by atoms with Gasteiger partial charge in [0.15, 0.2) is 5.76 Å². The molecule has 3 aromatic rings. The second kappa shape index (κ2) is 7.65. The molecule has 0 bridgehead atoms. The first-order valence-electron chi connectivity index (χ1n) is 9.70. The van der Waals surface area contributed by atoms with Gasteiger partial charge in [0, 0.05) is 31.0 Å². The molecule has 2 aliphatic heterocycles. The molecule has 0 N–H and O–H groups in total. The summed E-state index contributed by atoms with van der Waals surface area (Å²) in [7, 11) is 1.61. The zero-order valence-corrected chi connectivity index (χ0v) is 16.5. The molecule has 0 amide bonds. The van der Waals surface area contributed by atoms with E-state index >= 15 is 0 Å². The maximum absolute atomic E-state index is 13.0. The van der Waals surface area contributed by atoms with Gasteiger partial charge in [-0.05, 0) is 42.0 Å². The van der Waals surface area contributed by atoms with Gasteiger partial charge in [-0.15, -0.1) is 0 Å². The van der Waals surface area contributed by atoms with E-state index in [-0.39, 0.29) is 11.5 Å². The highest BCUT2D eigenvalue weighted by Crippen LogP contribution is 2.42. The lowest BCUT2D eigenvalue weighted by atomic mass is 10.0. The Hall–Kier alpha value is -3.64. The van der Waals surface area contributed by atoms with Gasteiger partial charge < -0.3 is 14.2 Å². The molecule has 1 aromatic heterocycles. The summed E-state index contributed by atoms with van der Waals surface area (Å²) in [5.41, 5.74) is 3.40. The van der Waals surface area contributed by atoms with E-state index in [1.807, 2.05) is 42.5 Å². The topological polar surface area (TPSA) is 60.9 Å². The minimum absolute atomic E-state index is 0.134. The lowest BCUT2D eigenvalue weighted by Gasteiger charge is -2.29. The van der Waals surface area contributed by atoms with Crippen molar-refractivity contribution >= 4 is 11.9 Å². The fraction of sp³-hybridized carbons (Fsp3) is 0.167. The van der Waals surface area contributed by atoms with E-state index in [1.165, 1.54) is 0 Å². The summed E-state index contributed by atoms with van der Waals surface area (Å²) >= 11 is 0. The fourth-order valence-electron chi connectivity index (χ4n) is 3.78. The highest BCUT2D eigenvalue weighted by Gasteiger charge is 2.33. The number of benzene rings is 2. The van der Waals surface area contributed by atoms with E-state index in [9.17, 15) is 4.79 Å². The third kappa shape index (κ3) is 3.31. The molecule has 30 heavy (non-hydrogen) atoms. The molecular formula is C24H20N2O4. The van der Waals surface area contributed by atoms with Crippen LogP contribution in [0.15, 0.2) is 66.7 Å². The average Bonchev–Trinajstić information content (AvgIpc) is 3.11. The van der Waals surface area contributed by atoms with Crippen LogP contribution in [0.5, 0.6) is 17.2 Å². The molecule has 6 heteroatoms. The third-order valence-corrected chi connectivity index (χ3v) is 5.26. The molecule has 0 saturated heterocycles. The van der Waals surface area contributed by atoms with Crippen LogP contribution in [0.2, 0.25) is 0 Å². The fourth-order valence-corrected chi connectivity index (χ4v) is 3.78. The number of nitrogens with zero attached hydrogens (tertiary/aromatic N) is 2. The van der Waals surface area contributed by atoms with E-state index in [2.05, 4.69) is 9.88 Å². The molecule has 5 rings (SSSR count). The van der Waals surface area contributed by atoms with Crippen molar-refractivity contribution in [3.8, 4) is 17.2 Å². The van der Waals surface area contributed by atoms with Crippen molar-refractivity contribution in [1.29, 1.82) is 0 Å². The number of hydrogen-bond donors (Lipinski definition) is 0. The SMILES string of the molecule is COc1ccccc1C=C1Oc2c(ccc3c2CN(Cc2ccncc2)CO3)C1=O. The molecule has 0 saturated carbocycles. The van der Waals surface area contributed by atoms with Crippen LogP contribution >= 0.6 is 0 Å². The van der Waals surface area contributed by atoms with Crippen LogP contribution in [0.25, 0.3) is 6.08 Å². The number of para-hydroxylation sites is 1. The minimum Gasteiger partial charge on any atom is -0.496 e. The van der Waals surface area contributed by atoms with Crippen molar-refractivity contribution < 1.29 is 19.0 Å². The van der Waals surface area contributed by atoms with Crippen LogP contribution in [-0.2, 0) is 13.1 Å². The Labute approximate surface area is 174 Å². The lowest BCUT2D eigenvalue weighted by molar-refractivity contribution is 0.0872. The van der Waals surface area contributed by atoms with Crippen LogP contribution < -0.4 is 14.2 Å². The number of rotatable bonds is 4. The van der Waals surface area contributed by atoms with Gasteiger partial charge in [-0.25, -0.2) is 0 Å². The number of hydrogen-bond acceptors (Lipinski definition) is 6. The van der Waals surface area contributed by atoms with Crippen molar-refractivity contribution in [2.24, 2.45) is 0 Å². The largest absolute Gasteiger partial charge is 0.496 e. The number of Topliss-reactive ketones (excluding diaryl/α,β-unsaturated/α-hetero) is 1. The van der Waals surface area contributed by atoms with Crippen LogP contribution in [0, 0.1) is 0 Å². The summed E-state index contributed by atoms with van der Waals surface area (Å²) in [4.78, 5) is 19.2. The Balaban J connectivity index is 1.45. The Morgan fingerprint density at radius 3 is 2.80 bits per heavy atom. The predicted molar refractivity (Wildman–Crippen MR) is 111 cm³/mol. The normalized spacial score (nSPS) is 16.6. The summed E-state index contributed by atoms with van der Waals surface area (Å²) < 4.78 is 17.4. The molecule has 0 radical (unpaired) electrons. The zero-order valence-electron chi connectivity index (χ0n) is 16.5. The van der Waals surface area contributed by atoms with E-state index in [0.29, 0.717) is 30.3 Å². The quantitative estimate of drug-likeness (QED) is 0.616. The minimum atomic E-state index is -0.134. The Kier molecular flexibility index (Phi) is 4.69. The number of ether oxygens (including phenoxy) is 3. The van der Waals surface area contributed by atoms with Gasteiger partial charge in [0.05, 0.1) is 18.2 Å². The van der Waals surface area contributed by atoms with Crippen LogP contribution in [0.3, 0.4) is 0 Å². The number of carbonyl (C=O) groups excluding carboxylic acids is 1. The maximum atomic E-state index is 13.0. The van der Waals surface area contributed by atoms with Gasteiger partial charge in [0.2, 0.25) is 5.78 Å². The van der Waals surface area contributed by atoms with Crippen LogP contribution in [0.1, 0.15) is 27.0 Å². The average molecular weight is 400 g/mol. The van der Waals surface area contributed by atoms with Gasteiger partial charge >= 0.3 is 0 Å². The highest BCUT2D eigenvalue weighted by molar-refractivity contribution is 6.15. The third-order valence-electron chi connectivity index (χ3n) is 5.26. The summed E-state index contributed by atoms with van der Waals surface area (Å²) in [6, 6.07) is 15.1. The second-order valence-corrected chi connectivity index (χ2v) is 7.22. The number of pyridine rings is 1. The summed E-state index contributed by atoms with van der Waals surface area (Å²) in [5.74, 6) is 2.18. The van der Waals surface area contributed by atoms with E-state index in [0.717, 1.165) is 29.0 Å². The Morgan fingerprint density at radius 1 is 1.13 bits per heavy atom. The van der Waals surface area contributed by atoms with E-state index < -0.39 is 0 Å². The molecule has 2 aliphatic rings. The lowest BCUT2D eigenvalue weighted by Crippen LogP contribution is -2.31. The van der Waals surface area contributed by atoms with Crippen molar-refractivity contribution in [2.45, 2.75) is 13.1 Å². The summed E-state index contributed by atoms with van der Waals surface area (Å²) in [5, 5.41) is 0. The first-order chi connectivity index (χ1) is 14.7. The predicted octanol–water partition coefficient (Wildman–Crippen LogP) is 4.06. The first-order valence-corrected chi connectivity index (χ1v) is 9.70. The molecule has 150 valence electrons.